The maximum Gasteiger partial charge on any atom is 0.262 e. The number of carbonyl (C=O) groups is 1. The molecule has 0 aliphatic carbocycles. The second kappa shape index (κ2) is 7.46. The number of hydrogen-bond donors (Lipinski definition) is 1. The van der Waals surface area contributed by atoms with Crippen LogP contribution in [0.3, 0.4) is 0 Å². The van der Waals surface area contributed by atoms with Crippen molar-refractivity contribution in [3.05, 3.63) is 45.3 Å². The highest BCUT2D eigenvalue weighted by molar-refractivity contribution is 14.1. The van der Waals surface area contributed by atoms with E-state index in [9.17, 15) is 4.79 Å². The fourth-order valence-electron chi connectivity index (χ4n) is 1.52. The molecule has 2 rings (SSSR count). The summed E-state index contributed by atoms with van der Waals surface area (Å²) in [4.78, 5) is 15.8. The first-order valence-corrected chi connectivity index (χ1v) is 7.43. The fourth-order valence-corrected chi connectivity index (χ4v) is 2.41. The number of pyridine rings is 1. The highest BCUT2D eigenvalue weighted by Crippen LogP contribution is 2.21. The summed E-state index contributed by atoms with van der Waals surface area (Å²) < 4.78 is 11.1. The van der Waals surface area contributed by atoms with Crippen LogP contribution < -0.4 is 14.8 Å². The minimum atomic E-state index is -0.258. The molecule has 1 heterocycles. The molecule has 0 aliphatic rings. The lowest BCUT2D eigenvalue weighted by Crippen LogP contribution is -2.20. The van der Waals surface area contributed by atoms with E-state index in [2.05, 4.69) is 10.3 Å². The number of anilines is 1. The van der Waals surface area contributed by atoms with Crippen LogP contribution in [0.5, 0.6) is 11.5 Å². The van der Waals surface area contributed by atoms with Crippen molar-refractivity contribution in [2.24, 2.45) is 0 Å². The largest absolute Gasteiger partial charge is 0.497 e. The van der Waals surface area contributed by atoms with Gasteiger partial charge in [0.05, 0.1) is 7.11 Å². The third kappa shape index (κ3) is 4.75. The molecule has 1 aromatic carbocycles. The zero-order valence-corrected chi connectivity index (χ0v) is 14.0. The molecule has 0 bridgehead atoms. The van der Waals surface area contributed by atoms with Gasteiger partial charge in [0.1, 0.15) is 14.6 Å². The van der Waals surface area contributed by atoms with Crippen molar-refractivity contribution >= 4 is 45.8 Å². The predicted molar refractivity (Wildman–Crippen MR) is 89.1 cm³/mol. The molecule has 7 heteroatoms. The summed E-state index contributed by atoms with van der Waals surface area (Å²) in [6.45, 7) is -0.106. The third-order valence-corrected chi connectivity index (χ3v) is 3.50. The normalized spacial score (nSPS) is 10.0. The number of amides is 1. The fraction of sp³-hybridized carbons (Fsp3) is 0.143. The van der Waals surface area contributed by atoms with Crippen molar-refractivity contribution in [1.82, 2.24) is 4.98 Å². The van der Waals surface area contributed by atoms with Gasteiger partial charge in [0, 0.05) is 5.69 Å². The van der Waals surface area contributed by atoms with Crippen molar-refractivity contribution in [2.45, 2.75) is 0 Å². The SMILES string of the molecule is COc1ccc(NC(=O)COc2ccc(Cl)nc2I)cc1. The Bertz CT molecular complexity index is 635. The van der Waals surface area contributed by atoms with Gasteiger partial charge in [-0.3, -0.25) is 4.79 Å². The molecule has 110 valence electrons. The summed E-state index contributed by atoms with van der Waals surface area (Å²) in [6.07, 6.45) is 0. The van der Waals surface area contributed by atoms with Crippen LogP contribution in [0.2, 0.25) is 5.15 Å². The number of benzene rings is 1. The van der Waals surface area contributed by atoms with Crippen molar-refractivity contribution in [3.8, 4) is 11.5 Å². The van der Waals surface area contributed by atoms with Gasteiger partial charge in [-0.05, 0) is 59.0 Å². The van der Waals surface area contributed by atoms with Gasteiger partial charge in [-0.1, -0.05) is 11.6 Å². The van der Waals surface area contributed by atoms with E-state index in [1.807, 2.05) is 22.6 Å². The Morgan fingerprint density at radius 1 is 1.29 bits per heavy atom. The average molecular weight is 419 g/mol. The zero-order valence-electron chi connectivity index (χ0n) is 11.1. The highest BCUT2D eigenvalue weighted by atomic mass is 127. The molecule has 0 radical (unpaired) electrons. The van der Waals surface area contributed by atoms with E-state index in [1.54, 1.807) is 43.5 Å². The van der Waals surface area contributed by atoms with E-state index in [1.165, 1.54) is 0 Å². The number of methoxy groups -OCH3 is 1. The van der Waals surface area contributed by atoms with Crippen molar-refractivity contribution in [2.75, 3.05) is 19.0 Å². The van der Waals surface area contributed by atoms with Crippen LogP contribution in [0.25, 0.3) is 0 Å². The third-order valence-electron chi connectivity index (χ3n) is 2.51. The van der Waals surface area contributed by atoms with Gasteiger partial charge in [-0.15, -0.1) is 0 Å². The molecule has 1 aromatic heterocycles. The Morgan fingerprint density at radius 3 is 2.62 bits per heavy atom. The predicted octanol–water partition coefficient (Wildman–Crippen LogP) is 3.37. The average Bonchev–Trinajstić information content (AvgIpc) is 2.47. The van der Waals surface area contributed by atoms with Gasteiger partial charge in [-0.25, -0.2) is 4.98 Å². The molecule has 5 nitrogen and oxygen atoms in total. The standard InChI is InChI=1S/C14H12ClIN2O3/c1-20-10-4-2-9(3-5-10)17-13(19)8-21-11-6-7-12(15)18-14(11)16/h2-7H,8H2,1H3,(H,17,19). The number of rotatable bonds is 5. The highest BCUT2D eigenvalue weighted by Gasteiger charge is 2.07. The summed E-state index contributed by atoms with van der Waals surface area (Å²) in [7, 11) is 1.59. The number of hydrogen-bond acceptors (Lipinski definition) is 4. The van der Waals surface area contributed by atoms with E-state index < -0.39 is 0 Å². The lowest BCUT2D eigenvalue weighted by Gasteiger charge is -2.09. The molecule has 0 aliphatic heterocycles. The van der Waals surface area contributed by atoms with Crippen LogP contribution in [0.4, 0.5) is 5.69 Å². The topological polar surface area (TPSA) is 60.5 Å². The lowest BCUT2D eigenvalue weighted by molar-refractivity contribution is -0.118. The summed E-state index contributed by atoms with van der Waals surface area (Å²) >= 11 is 7.75. The van der Waals surface area contributed by atoms with Crippen molar-refractivity contribution < 1.29 is 14.3 Å². The monoisotopic (exact) mass is 418 g/mol. The van der Waals surface area contributed by atoms with E-state index in [0.29, 0.717) is 20.3 Å². The zero-order chi connectivity index (χ0) is 15.2. The maximum absolute atomic E-state index is 11.8. The van der Waals surface area contributed by atoms with Gasteiger partial charge in [0.25, 0.3) is 5.91 Å². The Morgan fingerprint density at radius 2 is 2.00 bits per heavy atom. The smallest absolute Gasteiger partial charge is 0.262 e. The molecule has 0 unspecified atom stereocenters. The molecular formula is C14H12ClIN2O3. The Labute approximate surface area is 140 Å². The summed E-state index contributed by atoms with van der Waals surface area (Å²) in [5.74, 6) is 0.988. The molecule has 0 saturated carbocycles. The van der Waals surface area contributed by atoms with Crippen LogP contribution >= 0.6 is 34.2 Å². The maximum atomic E-state index is 11.8. The second-order valence-corrected chi connectivity index (χ2v) is 5.40. The van der Waals surface area contributed by atoms with Crippen LogP contribution in [0.1, 0.15) is 0 Å². The first-order valence-electron chi connectivity index (χ1n) is 5.97. The van der Waals surface area contributed by atoms with Gasteiger partial charge >= 0.3 is 0 Å². The Balaban J connectivity index is 1.89. The van der Waals surface area contributed by atoms with E-state index in [0.717, 1.165) is 5.75 Å². The number of nitrogens with one attached hydrogen (secondary N) is 1. The Kier molecular flexibility index (Phi) is 5.63. The molecule has 0 atom stereocenters. The van der Waals surface area contributed by atoms with Gasteiger partial charge in [-0.2, -0.15) is 0 Å². The number of ether oxygens (including phenoxy) is 2. The quantitative estimate of drug-likeness (QED) is 0.597. The van der Waals surface area contributed by atoms with E-state index in [-0.39, 0.29) is 12.5 Å². The first kappa shape index (κ1) is 15.8. The number of halogens is 2. The van der Waals surface area contributed by atoms with Crippen molar-refractivity contribution in [3.63, 3.8) is 0 Å². The van der Waals surface area contributed by atoms with Crippen LogP contribution in [0, 0.1) is 3.70 Å². The lowest BCUT2D eigenvalue weighted by atomic mass is 10.3. The van der Waals surface area contributed by atoms with E-state index in [4.69, 9.17) is 21.1 Å². The molecule has 0 fully saturated rings. The molecule has 1 amide bonds. The summed E-state index contributed by atoms with van der Waals surface area (Å²) in [5, 5.41) is 3.11. The van der Waals surface area contributed by atoms with Gasteiger partial charge < -0.3 is 14.8 Å². The first-order chi connectivity index (χ1) is 10.1. The molecular weight excluding hydrogens is 407 g/mol. The van der Waals surface area contributed by atoms with Gasteiger partial charge in [0.15, 0.2) is 12.4 Å². The number of aromatic nitrogens is 1. The minimum absolute atomic E-state index is 0.106. The Hall–Kier alpha value is -1.54. The second-order valence-electron chi connectivity index (χ2n) is 3.99. The molecule has 0 spiro atoms. The van der Waals surface area contributed by atoms with Crippen LogP contribution in [-0.2, 0) is 4.79 Å². The van der Waals surface area contributed by atoms with Gasteiger partial charge in [0.2, 0.25) is 0 Å². The van der Waals surface area contributed by atoms with Crippen LogP contribution in [-0.4, -0.2) is 24.6 Å². The summed E-state index contributed by atoms with van der Waals surface area (Å²) in [6, 6.07) is 10.3. The van der Waals surface area contributed by atoms with E-state index >= 15 is 0 Å². The molecule has 0 saturated heterocycles. The number of carbonyl (C=O) groups excluding carboxylic acids is 1. The number of nitrogens with zero attached hydrogens (tertiary/aromatic N) is 1. The molecule has 1 N–H and O–H groups in total. The van der Waals surface area contributed by atoms with Crippen molar-refractivity contribution in [1.29, 1.82) is 0 Å². The molecule has 2 aromatic rings. The minimum Gasteiger partial charge on any atom is -0.497 e. The molecule has 21 heavy (non-hydrogen) atoms. The van der Waals surface area contributed by atoms with Crippen LogP contribution in [0.15, 0.2) is 36.4 Å². The summed E-state index contributed by atoms with van der Waals surface area (Å²) in [5.41, 5.74) is 0.674.